The Labute approximate surface area is 166 Å². The first kappa shape index (κ1) is 19.7. The van der Waals surface area contributed by atoms with E-state index in [1.165, 1.54) is 0 Å². The van der Waals surface area contributed by atoms with Gasteiger partial charge in [-0.3, -0.25) is 0 Å². The molecule has 0 bridgehead atoms. The number of aliphatic imine (C=N–C) groups is 1. The minimum absolute atomic E-state index is 0.585. The van der Waals surface area contributed by atoms with E-state index in [1.54, 1.807) is 0 Å². The van der Waals surface area contributed by atoms with E-state index < -0.39 is 0 Å². The molecule has 2 aromatic rings. The van der Waals surface area contributed by atoms with Gasteiger partial charge in [-0.2, -0.15) is 5.10 Å². The van der Waals surface area contributed by atoms with E-state index in [2.05, 4.69) is 22.2 Å². The molecule has 6 nitrogen and oxygen atoms in total. The lowest BCUT2D eigenvalue weighted by Gasteiger charge is -2.21. The number of guanidine groups is 1. The topological polar surface area (TPSA) is 54.7 Å². The molecule has 1 aliphatic rings. The number of nitrogens with zero attached hydrogens (tertiary/aromatic N) is 4. The molecular formula is C20H28ClN5O. The molecule has 1 unspecified atom stereocenters. The zero-order chi connectivity index (χ0) is 19.1. The maximum absolute atomic E-state index is 5.95. The summed E-state index contributed by atoms with van der Waals surface area (Å²) in [6.07, 6.45) is 5.03. The molecule has 0 amide bonds. The second kappa shape index (κ2) is 9.76. The number of nitrogens with one attached hydrogen (secondary N) is 1. The van der Waals surface area contributed by atoms with Gasteiger partial charge >= 0.3 is 0 Å². The number of hydrogen-bond acceptors (Lipinski definition) is 3. The van der Waals surface area contributed by atoms with Crippen molar-refractivity contribution in [2.24, 2.45) is 10.9 Å². The van der Waals surface area contributed by atoms with Crippen LogP contribution in [0, 0.1) is 5.92 Å². The molecule has 0 spiro atoms. The Bertz CT molecular complexity index is 743. The van der Waals surface area contributed by atoms with Crippen molar-refractivity contribution in [1.82, 2.24) is 20.0 Å². The Hall–Kier alpha value is -2.05. The molecule has 1 aromatic heterocycles. The van der Waals surface area contributed by atoms with Crippen molar-refractivity contribution < 1.29 is 4.74 Å². The van der Waals surface area contributed by atoms with Gasteiger partial charge in [0, 0.05) is 48.9 Å². The largest absolute Gasteiger partial charge is 0.381 e. The molecule has 2 heterocycles. The fraction of sp³-hybridized carbons (Fsp3) is 0.500. The highest BCUT2D eigenvalue weighted by molar-refractivity contribution is 6.30. The quantitative estimate of drug-likeness (QED) is 0.582. The molecular weight excluding hydrogens is 362 g/mol. The van der Waals surface area contributed by atoms with Gasteiger partial charge in [-0.25, -0.2) is 9.67 Å². The highest BCUT2D eigenvalue weighted by Gasteiger charge is 2.24. The summed E-state index contributed by atoms with van der Waals surface area (Å²) in [6.45, 7) is 9.23. The summed E-state index contributed by atoms with van der Waals surface area (Å²) < 4.78 is 7.43. The molecule has 0 saturated carbocycles. The summed E-state index contributed by atoms with van der Waals surface area (Å²) >= 11 is 5.95. The summed E-state index contributed by atoms with van der Waals surface area (Å²) in [7, 11) is 0. The third-order valence-electron chi connectivity index (χ3n) is 4.62. The van der Waals surface area contributed by atoms with Gasteiger partial charge in [-0.05, 0) is 44.5 Å². The molecule has 1 fully saturated rings. The number of benzene rings is 1. The van der Waals surface area contributed by atoms with E-state index in [-0.39, 0.29) is 0 Å². The maximum Gasteiger partial charge on any atom is 0.194 e. The molecule has 146 valence electrons. The zero-order valence-corrected chi connectivity index (χ0v) is 16.8. The molecule has 3 rings (SSSR count). The monoisotopic (exact) mass is 389 g/mol. The van der Waals surface area contributed by atoms with E-state index in [0.717, 1.165) is 61.5 Å². The highest BCUT2D eigenvalue weighted by atomic mass is 35.5. The van der Waals surface area contributed by atoms with Crippen LogP contribution in [0.4, 0.5) is 0 Å². The number of halogens is 1. The van der Waals surface area contributed by atoms with Crippen molar-refractivity contribution in [2.45, 2.75) is 26.8 Å². The standard InChI is InChI=1S/C20H28ClN5O/c1-3-22-20(25-10-9-16(13-25)15-27-4-2)23-11-17-12-24-26(14-17)19-7-5-18(21)6-8-19/h5-8,12,14,16H,3-4,9-11,13,15H2,1-2H3,(H,22,23). The molecule has 1 aliphatic heterocycles. The summed E-state index contributed by atoms with van der Waals surface area (Å²) in [5.41, 5.74) is 2.06. The van der Waals surface area contributed by atoms with Crippen LogP contribution in [0.15, 0.2) is 41.7 Å². The van der Waals surface area contributed by atoms with Crippen LogP contribution in [0.5, 0.6) is 0 Å². The van der Waals surface area contributed by atoms with Gasteiger partial charge in [-0.15, -0.1) is 0 Å². The molecule has 7 heteroatoms. The molecule has 1 N–H and O–H groups in total. The predicted octanol–water partition coefficient (Wildman–Crippen LogP) is 3.35. The van der Waals surface area contributed by atoms with Crippen LogP contribution in [0.2, 0.25) is 5.02 Å². The second-order valence-corrected chi connectivity index (χ2v) is 7.14. The van der Waals surface area contributed by atoms with Crippen molar-refractivity contribution in [2.75, 3.05) is 32.8 Å². The number of aromatic nitrogens is 2. The molecule has 1 atom stereocenters. The van der Waals surface area contributed by atoms with Gasteiger partial charge in [0.2, 0.25) is 0 Å². The fourth-order valence-corrected chi connectivity index (χ4v) is 3.34. The van der Waals surface area contributed by atoms with Crippen molar-refractivity contribution in [3.63, 3.8) is 0 Å². The first-order chi connectivity index (χ1) is 13.2. The van der Waals surface area contributed by atoms with E-state index in [4.69, 9.17) is 21.3 Å². The predicted molar refractivity (Wildman–Crippen MR) is 110 cm³/mol. The third kappa shape index (κ3) is 5.47. The van der Waals surface area contributed by atoms with Gasteiger partial charge in [0.05, 0.1) is 25.0 Å². The Morgan fingerprint density at radius 3 is 2.89 bits per heavy atom. The summed E-state index contributed by atoms with van der Waals surface area (Å²) in [5.74, 6) is 1.55. The van der Waals surface area contributed by atoms with Gasteiger partial charge in [-0.1, -0.05) is 11.6 Å². The zero-order valence-electron chi connectivity index (χ0n) is 16.1. The lowest BCUT2D eigenvalue weighted by atomic mass is 10.1. The summed E-state index contributed by atoms with van der Waals surface area (Å²) in [5, 5.41) is 8.57. The van der Waals surface area contributed by atoms with Crippen LogP contribution in [0.1, 0.15) is 25.8 Å². The van der Waals surface area contributed by atoms with Gasteiger partial charge in [0.1, 0.15) is 0 Å². The van der Waals surface area contributed by atoms with Crippen molar-refractivity contribution in [1.29, 1.82) is 0 Å². The minimum Gasteiger partial charge on any atom is -0.381 e. The lowest BCUT2D eigenvalue weighted by molar-refractivity contribution is 0.114. The fourth-order valence-electron chi connectivity index (χ4n) is 3.21. The SMILES string of the molecule is CCNC(=NCc1cnn(-c2ccc(Cl)cc2)c1)N1CCC(COCC)C1. The van der Waals surface area contributed by atoms with Crippen LogP contribution < -0.4 is 5.32 Å². The van der Waals surface area contributed by atoms with Crippen molar-refractivity contribution >= 4 is 17.6 Å². The summed E-state index contributed by atoms with van der Waals surface area (Å²) in [4.78, 5) is 7.15. The second-order valence-electron chi connectivity index (χ2n) is 6.70. The maximum atomic E-state index is 5.95. The smallest absolute Gasteiger partial charge is 0.194 e. The average Bonchev–Trinajstić information content (AvgIpc) is 3.34. The van der Waals surface area contributed by atoms with Crippen LogP contribution in [-0.4, -0.2) is 53.5 Å². The number of hydrogen-bond donors (Lipinski definition) is 1. The Morgan fingerprint density at radius 2 is 2.15 bits per heavy atom. The van der Waals surface area contributed by atoms with Crippen molar-refractivity contribution in [3.8, 4) is 5.69 Å². The Morgan fingerprint density at radius 1 is 1.33 bits per heavy atom. The molecule has 0 aliphatic carbocycles. The molecule has 0 radical (unpaired) electrons. The van der Waals surface area contributed by atoms with Crippen LogP contribution in [0.25, 0.3) is 5.69 Å². The number of rotatable bonds is 7. The first-order valence-electron chi connectivity index (χ1n) is 9.60. The van der Waals surface area contributed by atoms with E-state index >= 15 is 0 Å². The molecule has 1 aromatic carbocycles. The Kier molecular flexibility index (Phi) is 7.12. The van der Waals surface area contributed by atoms with Gasteiger partial charge < -0.3 is 15.0 Å². The van der Waals surface area contributed by atoms with E-state index in [0.29, 0.717) is 12.5 Å². The third-order valence-corrected chi connectivity index (χ3v) is 4.87. The van der Waals surface area contributed by atoms with Crippen LogP contribution >= 0.6 is 11.6 Å². The lowest BCUT2D eigenvalue weighted by Crippen LogP contribution is -2.40. The van der Waals surface area contributed by atoms with E-state index in [9.17, 15) is 0 Å². The van der Waals surface area contributed by atoms with Gasteiger partial charge in [0.25, 0.3) is 0 Å². The van der Waals surface area contributed by atoms with Crippen LogP contribution in [-0.2, 0) is 11.3 Å². The highest BCUT2D eigenvalue weighted by Crippen LogP contribution is 2.17. The van der Waals surface area contributed by atoms with E-state index in [1.807, 2.05) is 48.3 Å². The van der Waals surface area contributed by atoms with Gasteiger partial charge in [0.15, 0.2) is 5.96 Å². The first-order valence-corrected chi connectivity index (χ1v) is 9.97. The minimum atomic E-state index is 0.585. The number of ether oxygens (including phenoxy) is 1. The molecule has 27 heavy (non-hydrogen) atoms. The summed E-state index contributed by atoms with van der Waals surface area (Å²) in [6, 6.07) is 7.64. The number of likely N-dealkylation sites (tertiary alicyclic amines) is 1. The van der Waals surface area contributed by atoms with Crippen molar-refractivity contribution in [3.05, 3.63) is 47.2 Å². The molecule has 1 saturated heterocycles. The van der Waals surface area contributed by atoms with Crippen LogP contribution in [0.3, 0.4) is 0 Å². The Balaban J connectivity index is 1.63. The average molecular weight is 390 g/mol. The normalized spacial score (nSPS) is 17.5.